The van der Waals surface area contributed by atoms with Gasteiger partial charge < -0.3 is 15.2 Å². The van der Waals surface area contributed by atoms with Gasteiger partial charge in [-0.05, 0) is 56.2 Å². The Morgan fingerprint density at radius 1 is 1.10 bits per heavy atom. The van der Waals surface area contributed by atoms with Crippen molar-refractivity contribution in [1.82, 2.24) is 24.5 Å². The van der Waals surface area contributed by atoms with Crippen LogP contribution in [0.25, 0.3) is 33.7 Å². The SMILES string of the molecule is CC1(C)COc2nc3c(NCCc4ccc(O)c(-c5c(F)cccc5F)c4)nc(-c4cncc(C#N)c4)nc3n21. The molecule has 40 heavy (non-hydrogen) atoms. The molecule has 0 bridgehead atoms. The fourth-order valence-electron chi connectivity index (χ4n) is 4.78. The number of ether oxygens (including phenoxy) is 1. The third-order valence-corrected chi connectivity index (χ3v) is 6.76. The minimum Gasteiger partial charge on any atom is -0.507 e. The van der Waals surface area contributed by atoms with Crippen molar-refractivity contribution in [3.8, 4) is 40.3 Å². The van der Waals surface area contributed by atoms with Gasteiger partial charge in [0.25, 0.3) is 6.01 Å². The number of fused-ring (bicyclic) bond motifs is 3. The number of aromatic nitrogens is 5. The Kier molecular flexibility index (Phi) is 6.03. The second-order valence-corrected chi connectivity index (χ2v) is 10.1. The van der Waals surface area contributed by atoms with Gasteiger partial charge in [0.15, 0.2) is 22.8 Å². The van der Waals surface area contributed by atoms with E-state index in [1.807, 2.05) is 18.4 Å². The molecule has 3 aromatic heterocycles. The summed E-state index contributed by atoms with van der Waals surface area (Å²) < 4.78 is 36.5. The zero-order valence-corrected chi connectivity index (χ0v) is 21.6. The number of rotatable bonds is 6. The molecule has 0 atom stereocenters. The van der Waals surface area contributed by atoms with Gasteiger partial charge in [-0.15, -0.1) is 0 Å². The molecule has 0 spiro atoms. The summed E-state index contributed by atoms with van der Waals surface area (Å²) in [5.74, 6) is -0.898. The maximum Gasteiger partial charge on any atom is 0.299 e. The molecule has 9 nitrogen and oxygen atoms in total. The molecule has 200 valence electrons. The first-order chi connectivity index (χ1) is 19.2. The number of aromatic hydroxyl groups is 1. The maximum absolute atomic E-state index is 14.4. The Labute approximate surface area is 227 Å². The molecule has 0 aliphatic carbocycles. The first kappa shape index (κ1) is 25.2. The number of hydrogen-bond donors (Lipinski definition) is 2. The third-order valence-electron chi connectivity index (χ3n) is 6.76. The Morgan fingerprint density at radius 3 is 2.67 bits per heavy atom. The van der Waals surface area contributed by atoms with Crippen LogP contribution in [0.2, 0.25) is 0 Å². The molecular weight excluding hydrogens is 516 g/mol. The van der Waals surface area contributed by atoms with E-state index in [4.69, 9.17) is 14.7 Å². The van der Waals surface area contributed by atoms with Crippen LogP contribution in [0, 0.1) is 23.0 Å². The van der Waals surface area contributed by atoms with Gasteiger partial charge in [0.05, 0.1) is 16.7 Å². The molecule has 0 saturated carbocycles. The lowest BCUT2D eigenvalue weighted by molar-refractivity contribution is 0.268. The lowest BCUT2D eigenvalue weighted by atomic mass is 9.99. The normalized spacial score (nSPS) is 13.6. The summed E-state index contributed by atoms with van der Waals surface area (Å²) >= 11 is 0. The maximum atomic E-state index is 14.4. The van der Waals surface area contributed by atoms with Crippen LogP contribution >= 0.6 is 0 Å². The molecule has 2 aromatic carbocycles. The van der Waals surface area contributed by atoms with E-state index in [2.05, 4.69) is 21.4 Å². The minimum atomic E-state index is -0.755. The highest BCUT2D eigenvalue weighted by atomic mass is 19.1. The molecule has 2 N–H and O–H groups in total. The molecule has 0 radical (unpaired) electrons. The van der Waals surface area contributed by atoms with Gasteiger partial charge in [-0.25, -0.2) is 18.7 Å². The smallest absolute Gasteiger partial charge is 0.299 e. The predicted octanol–water partition coefficient (Wildman–Crippen LogP) is 5.19. The van der Waals surface area contributed by atoms with Crippen LogP contribution in [0.15, 0.2) is 54.9 Å². The van der Waals surface area contributed by atoms with E-state index < -0.39 is 11.6 Å². The molecule has 4 heterocycles. The van der Waals surface area contributed by atoms with Crippen molar-refractivity contribution in [3.05, 3.63) is 77.6 Å². The van der Waals surface area contributed by atoms with Crippen LogP contribution in [0.5, 0.6) is 11.8 Å². The number of halogens is 2. The van der Waals surface area contributed by atoms with Gasteiger partial charge in [-0.3, -0.25) is 9.55 Å². The summed E-state index contributed by atoms with van der Waals surface area (Å²) in [7, 11) is 0. The molecule has 5 aromatic rings. The fourth-order valence-corrected chi connectivity index (χ4v) is 4.78. The standard InChI is InChI=1S/C29H23F2N7O2/c1-29(2)15-40-28-35-24-26(36-25(37-27(24)38(28)29)18-10-17(12-32)13-33-14-18)34-9-8-16-6-7-22(39)19(11-16)23-20(30)4-3-5-21(23)31/h3-7,10-11,13-14,39H,8-9,15H2,1-2H3,(H,34,36,37). The lowest BCUT2D eigenvalue weighted by Gasteiger charge is -2.18. The number of nitrogens with one attached hydrogen (secondary N) is 1. The second-order valence-electron chi connectivity index (χ2n) is 10.1. The number of phenolic OH excluding ortho intramolecular Hbond substituents is 1. The summed E-state index contributed by atoms with van der Waals surface area (Å²) in [6.45, 7) is 4.89. The molecule has 6 rings (SSSR count). The zero-order chi connectivity index (χ0) is 28.0. The predicted molar refractivity (Wildman–Crippen MR) is 144 cm³/mol. The summed E-state index contributed by atoms with van der Waals surface area (Å²) in [5, 5.41) is 23.0. The molecule has 0 unspecified atom stereocenters. The molecule has 1 aliphatic rings. The second kappa shape index (κ2) is 9.57. The van der Waals surface area contributed by atoms with Gasteiger partial charge in [0.1, 0.15) is 30.1 Å². The van der Waals surface area contributed by atoms with Crippen LogP contribution in [-0.2, 0) is 12.0 Å². The summed E-state index contributed by atoms with van der Waals surface area (Å²) in [6.07, 6.45) is 3.51. The van der Waals surface area contributed by atoms with Crippen molar-refractivity contribution in [2.45, 2.75) is 25.8 Å². The molecular formula is C29H23F2N7O2. The first-order valence-electron chi connectivity index (χ1n) is 12.5. The zero-order valence-electron chi connectivity index (χ0n) is 21.6. The average Bonchev–Trinajstić information content (AvgIpc) is 3.47. The molecule has 1 aliphatic heterocycles. The van der Waals surface area contributed by atoms with Crippen molar-refractivity contribution >= 4 is 17.0 Å². The Morgan fingerprint density at radius 2 is 1.90 bits per heavy atom. The van der Waals surface area contributed by atoms with Crippen LogP contribution in [-0.4, -0.2) is 42.8 Å². The number of nitriles is 1. The van der Waals surface area contributed by atoms with Crippen molar-refractivity contribution in [2.75, 3.05) is 18.5 Å². The van der Waals surface area contributed by atoms with Gasteiger partial charge in [0.2, 0.25) is 0 Å². The number of hydrogen-bond acceptors (Lipinski definition) is 8. The molecule has 0 saturated heterocycles. The van der Waals surface area contributed by atoms with Crippen LogP contribution in [0.3, 0.4) is 0 Å². The van der Waals surface area contributed by atoms with E-state index in [1.165, 1.54) is 18.3 Å². The summed E-state index contributed by atoms with van der Waals surface area (Å²) in [4.78, 5) is 18.2. The lowest BCUT2D eigenvalue weighted by Crippen LogP contribution is -2.25. The number of pyridine rings is 1. The molecule has 0 amide bonds. The van der Waals surface area contributed by atoms with Gasteiger partial charge in [0, 0.05) is 30.1 Å². The summed E-state index contributed by atoms with van der Waals surface area (Å²) in [6, 6.07) is 12.5. The van der Waals surface area contributed by atoms with Crippen molar-refractivity contribution < 1.29 is 18.6 Å². The minimum absolute atomic E-state index is 0.0783. The van der Waals surface area contributed by atoms with E-state index in [0.29, 0.717) is 59.5 Å². The van der Waals surface area contributed by atoms with Crippen molar-refractivity contribution in [3.63, 3.8) is 0 Å². The topological polar surface area (TPSA) is 122 Å². The van der Waals surface area contributed by atoms with E-state index in [-0.39, 0.29) is 22.4 Å². The number of benzene rings is 2. The van der Waals surface area contributed by atoms with E-state index in [1.54, 1.807) is 24.4 Å². The highest BCUT2D eigenvalue weighted by Crippen LogP contribution is 2.37. The number of phenols is 1. The van der Waals surface area contributed by atoms with Crippen LogP contribution in [0.4, 0.5) is 14.6 Å². The number of imidazole rings is 1. The number of anilines is 1. The van der Waals surface area contributed by atoms with Crippen LogP contribution < -0.4 is 10.1 Å². The largest absolute Gasteiger partial charge is 0.507 e. The van der Waals surface area contributed by atoms with E-state index in [9.17, 15) is 19.1 Å². The van der Waals surface area contributed by atoms with E-state index in [0.717, 1.165) is 17.7 Å². The first-order valence-corrected chi connectivity index (χ1v) is 12.5. The highest BCUT2D eigenvalue weighted by Gasteiger charge is 2.36. The van der Waals surface area contributed by atoms with E-state index >= 15 is 0 Å². The Balaban J connectivity index is 1.34. The van der Waals surface area contributed by atoms with Crippen molar-refractivity contribution in [1.29, 1.82) is 5.26 Å². The van der Waals surface area contributed by atoms with Gasteiger partial charge >= 0.3 is 0 Å². The van der Waals surface area contributed by atoms with Crippen molar-refractivity contribution in [2.24, 2.45) is 0 Å². The monoisotopic (exact) mass is 539 g/mol. The summed E-state index contributed by atoms with van der Waals surface area (Å²) in [5.41, 5.74) is 2.22. The third kappa shape index (κ3) is 4.33. The quantitative estimate of drug-likeness (QED) is 0.302. The Hall–Kier alpha value is -5.11. The molecule has 11 heteroatoms. The fraction of sp³-hybridized carbons (Fsp3) is 0.207. The average molecular weight is 540 g/mol. The Bertz CT molecular complexity index is 1810. The van der Waals surface area contributed by atoms with Gasteiger partial charge in [-0.2, -0.15) is 10.2 Å². The highest BCUT2D eigenvalue weighted by molar-refractivity contribution is 5.86. The molecule has 0 fully saturated rings. The van der Waals surface area contributed by atoms with Crippen LogP contribution in [0.1, 0.15) is 25.0 Å². The van der Waals surface area contributed by atoms with Gasteiger partial charge in [-0.1, -0.05) is 12.1 Å². The number of nitrogens with zero attached hydrogens (tertiary/aromatic N) is 6.